The number of halogens is 1. The Hall–Kier alpha value is -2.53. The maximum absolute atomic E-state index is 12.3. The fraction of sp³-hybridized carbons (Fsp3) is 0.222. The van der Waals surface area contributed by atoms with Crippen LogP contribution in [0.15, 0.2) is 47.6 Å². The second-order valence-corrected chi connectivity index (χ2v) is 5.93. The van der Waals surface area contributed by atoms with Crippen molar-refractivity contribution in [1.82, 2.24) is 0 Å². The third-order valence-corrected chi connectivity index (χ3v) is 4.23. The number of aryl methyl sites for hydroxylation is 1. The van der Waals surface area contributed by atoms with Crippen molar-refractivity contribution in [3.05, 3.63) is 58.6 Å². The summed E-state index contributed by atoms with van der Waals surface area (Å²) < 4.78 is 5.13. The molecule has 0 radical (unpaired) electrons. The molecule has 24 heavy (non-hydrogen) atoms. The van der Waals surface area contributed by atoms with Gasteiger partial charge in [0, 0.05) is 17.1 Å². The molecule has 124 valence electrons. The minimum Gasteiger partial charge on any atom is -0.497 e. The monoisotopic (exact) mass is 344 g/mol. The summed E-state index contributed by atoms with van der Waals surface area (Å²) in [4.78, 5) is 17.6. The molecule has 1 unspecified atom stereocenters. The Kier molecular flexibility index (Phi) is 4.71. The van der Waals surface area contributed by atoms with Gasteiger partial charge in [-0.1, -0.05) is 22.8 Å². The van der Waals surface area contributed by atoms with E-state index in [4.69, 9.17) is 21.2 Å². The third-order valence-electron chi connectivity index (χ3n) is 3.82. The van der Waals surface area contributed by atoms with Gasteiger partial charge in [-0.2, -0.15) is 0 Å². The molecule has 0 saturated carbocycles. The quantitative estimate of drug-likeness (QED) is 0.918. The standard InChI is InChI=1S/C18H17ClN2O3/c1-11-3-6-13(9-15(11)19)20-18(22)17-10-16(21-24-17)12-4-7-14(23-2)8-5-12/h3-9,17H,10H2,1-2H3,(H,20,22). The van der Waals surface area contributed by atoms with Crippen LogP contribution in [0.3, 0.4) is 0 Å². The second-order valence-electron chi connectivity index (χ2n) is 5.52. The van der Waals surface area contributed by atoms with Crippen molar-refractivity contribution < 1.29 is 14.4 Å². The Labute approximate surface area is 145 Å². The molecule has 0 saturated heterocycles. The number of carbonyl (C=O) groups excluding carboxylic acids is 1. The van der Waals surface area contributed by atoms with Gasteiger partial charge in [0.2, 0.25) is 6.10 Å². The summed E-state index contributed by atoms with van der Waals surface area (Å²) in [6.07, 6.45) is -0.236. The van der Waals surface area contributed by atoms with E-state index in [0.29, 0.717) is 17.1 Å². The molecule has 2 aromatic carbocycles. The van der Waals surface area contributed by atoms with E-state index in [-0.39, 0.29) is 5.91 Å². The highest BCUT2D eigenvalue weighted by atomic mass is 35.5. The first-order valence-corrected chi connectivity index (χ1v) is 7.89. The highest BCUT2D eigenvalue weighted by molar-refractivity contribution is 6.31. The van der Waals surface area contributed by atoms with Crippen LogP contribution < -0.4 is 10.1 Å². The molecule has 0 fully saturated rings. The lowest BCUT2D eigenvalue weighted by molar-refractivity contribution is -0.125. The van der Waals surface area contributed by atoms with Crippen LogP contribution >= 0.6 is 11.6 Å². The highest BCUT2D eigenvalue weighted by Crippen LogP contribution is 2.23. The lowest BCUT2D eigenvalue weighted by atomic mass is 10.0. The van der Waals surface area contributed by atoms with Gasteiger partial charge in [-0.25, -0.2) is 0 Å². The molecular weight excluding hydrogens is 328 g/mol. The Morgan fingerprint density at radius 2 is 2.04 bits per heavy atom. The molecule has 6 heteroatoms. The minimum absolute atomic E-state index is 0.248. The maximum Gasteiger partial charge on any atom is 0.268 e. The number of amides is 1. The van der Waals surface area contributed by atoms with Crippen molar-refractivity contribution in [1.29, 1.82) is 0 Å². The molecule has 1 N–H and O–H groups in total. The first kappa shape index (κ1) is 16.3. The lowest BCUT2D eigenvalue weighted by Gasteiger charge is -2.10. The average molecular weight is 345 g/mol. The number of oxime groups is 1. The number of anilines is 1. The summed E-state index contributed by atoms with van der Waals surface area (Å²) in [5.41, 5.74) is 3.23. The van der Waals surface area contributed by atoms with Crippen LogP contribution in [0.5, 0.6) is 5.75 Å². The van der Waals surface area contributed by atoms with Crippen LogP contribution in [-0.2, 0) is 9.63 Å². The number of methoxy groups -OCH3 is 1. The van der Waals surface area contributed by atoms with Crippen LogP contribution in [0.25, 0.3) is 0 Å². The zero-order chi connectivity index (χ0) is 17.1. The van der Waals surface area contributed by atoms with E-state index in [1.54, 1.807) is 19.2 Å². The molecule has 1 aliphatic rings. The molecule has 0 aliphatic carbocycles. The van der Waals surface area contributed by atoms with Crippen LogP contribution in [0, 0.1) is 6.92 Å². The Morgan fingerprint density at radius 1 is 1.29 bits per heavy atom. The van der Waals surface area contributed by atoms with Gasteiger partial charge in [-0.05, 0) is 54.4 Å². The number of carbonyl (C=O) groups is 1. The normalized spacial score (nSPS) is 16.3. The van der Waals surface area contributed by atoms with Gasteiger partial charge in [0.25, 0.3) is 5.91 Å². The number of hydrogen-bond donors (Lipinski definition) is 1. The van der Waals surface area contributed by atoms with E-state index in [0.717, 1.165) is 22.6 Å². The highest BCUT2D eigenvalue weighted by Gasteiger charge is 2.29. The molecule has 0 bridgehead atoms. The van der Waals surface area contributed by atoms with E-state index in [9.17, 15) is 4.79 Å². The number of ether oxygens (including phenoxy) is 1. The SMILES string of the molecule is COc1ccc(C2=NOC(C(=O)Nc3ccc(C)c(Cl)c3)C2)cc1. The minimum atomic E-state index is -0.651. The fourth-order valence-corrected chi connectivity index (χ4v) is 2.55. The van der Waals surface area contributed by atoms with Crippen molar-refractivity contribution in [3.8, 4) is 5.75 Å². The van der Waals surface area contributed by atoms with Crippen molar-refractivity contribution >= 4 is 28.9 Å². The van der Waals surface area contributed by atoms with E-state index >= 15 is 0 Å². The molecule has 0 aromatic heterocycles. The fourth-order valence-electron chi connectivity index (χ4n) is 2.37. The summed E-state index contributed by atoms with van der Waals surface area (Å²) in [6.45, 7) is 1.91. The van der Waals surface area contributed by atoms with Crippen LogP contribution in [0.1, 0.15) is 17.5 Å². The van der Waals surface area contributed by atoms with Crippen molar-refractivity contribution in [2.75, 3.05) is 12.4 Å². The smallest absolute Gasteiger partial charge is 0.268 e. The number of benzene rings is 2. The van der Waals surface area contributed by atoms with Gasteiger partial charge in [0.1, 0.15) is 5.75 Å². The predicted octanol–water partition coefficient (Wildman–Crippen LogP) is 3.79. The van der Waals surface area contributed by atoms with Gasteiger partial charge in [0.15, 0.2) is 0 Å². The zero-order valence-electron chi connectivity index (χ0n) is 13.4. The summed E-state index contributed by atoms with van der Waals surface area (Å²) in [7, 11) is 1.61. The van der Waals surface area contributed by atoms with E-state index in [1.165, 1.54) is 0 Å². The van der Waals surface area contributed by atoms with Crippen molar-refractivity contribution in [3.63, 3.8) is 0 Å². The number of nitrogens with zero attached hydrogens (tertiary/aromatic N) is 1. The predicted molar refractivity (Wildman–Crippen MR) is 93.8 cm³/mol. The molecule has 1 atom stereocenters. The van der Waals surface area contributed by atoms with E-state index < -0.39 is 6.10 Å². The van der Waals surface area contributed by atoms with E-state index in [2.05, 4.69) is 10.5 Å². The van der Waals surface area contributed by atoms with Crippen molar-refractivity contribution in [2.24, 2.45) is 5.16 Å². The first-order chi connectivity index (χ1) is 11.6. The van der Waals surface area contributed by atoms with Gasteiger partial charge >= 0.3 is 0 Å². The van der Waals surface area contributed by atoms with Gasteiger partial charge in [0.05, 0.1) is 12.8 Å². The Morgan fingerprint density at radius 3 is 2.71 bits per heavy atom. The molecule has 1 amide bonds. The molecule has 1 aliphatic heterocycles. The Balaban J connectivity index is 1.63. The summed E-state index contributed by atoms with van der Waals surface area (Å²) >= 11 is 6.07. The second kappa shape index (κ2) is 6.93. The van der Waals surface area contributed by atoms with Crippen molar-refractivity contribution in [2.45, 2.75) is 19.4 Å². The summed E-state index contributed by atoms with van der Waals surface area (Å²) in [5.74, 6) is 0.519. The molecular formula is C18H17ClN2O3. The van der Waals surface area contributed by atoms with Gasteiger partial charge in [-0.3, -0.25) is 4.79 Å². The number of nitrogens with one attached hydrogen (secondary N) is 1. The van der Waals surface area contributed by atoms with Crippen LogP contribution in [0.4, 0.5) is 5.69 Å². The number of rotatable bonds is 4. The van der Waals surface area contributed by atoms with Gasteiger partial charge < -0.3 is 14.9 Å². The first-order valence-electron chi connectivity index (χ1n) is 7.51. The van der Waals surface area contributed by atoms with Gasteiger partial charge in [-0.15, -0.1) is 0 Å². The molecule has 3 rings (SSSR count). The lowest BCUT2D eigenvalue weighted by Crippen LogP contribution is -2.28. The third kappa shape index (κ3) is 3.51. The van der Waals surface area contributed by atoms with Crippen LogP contribution in [-0.4, -0.2) is 24.8 Å². The largest absolute Gasteiger partial charge is 0.497 e. The zero-order valence-corrected chi connectivity index (χ0v) is 14.1. The Bertz CT molecular complexity index is 787. The van der Waals surface area contributed by atoms with Crippen LogP contribution in [0.2, 0.25) is 5.02 Å². The molecule has 5 nitrogen and oxygen atoms in total. The topological polar surface area (TPSA) is 59.9 Å². The maximum atomic E-state index is 12.3. The molecule has 1 heterocycles. The average Bonchev–Trinajstić information content (AvgIpc) is 3.08. The molecule has 0 spiro atoms. The summed E-state index contributed by atoms with van der Waals surface area (Å²) in [5, 5.41) is 7.43. The number of hydrogen-bond acceptors (Lipinski definition) is 4. The van der Waals surface area contributed by atoms with E-state index in [1.807, 2.05) is 37.3 Å². The summed E-state index contributed by atoms with van der Waals surface area (Å²) in [6, 6.07) is 12.8. The molecule has 2 aromatic rings.